The number of nitrogens with zero attached hydrogens (tertiary/aromatic N) is 2. The monoisotopic (exact) mass is 499 g/mol. The molecule has 0 aliphatic carbocycles. The fraction of sp³-hybridized carbons (Fsp3) is 0.462. The Morgan fingerprint density at radius 1 is 1.11 bits per heavy atom. The van der Waals surface area contributed by atoms with Gasteiger partial charge in [-0.1, -0.05) is 36.4 Å². The largest absolute Gasteiger partial charge is 0.379 e. The maximum absolute atomic E-state index is 13.1. The minimum Gasteiger partial charge on any atom is -0.379 e. The fourth-order valence-corrected chi connectivity index (χ4v) is 5.29. The van der Waals surface area contributed by atoms with E-state index in [1.807, 2.05) is 12.1 Å². The third kappa shape index (κ3) is 5.64. The molecule has 2 heterocycles. The number of carbonyl (C=O) groups excluding carboxylic acids is 2. The predicted molar refractivity (Wildman–Crippen MR) is 135 cm³/mol. The maximum atomic E-state index is 13.1. The Morgan fingerprint density at radius 3 is 2.46 bits per heavy atom. The molecule has 0 aromatic heterocycles. The van der Waals surface area contributed by atoms with Crippen LogP contribution in [0, 0.1) is 0 Å². The van der Waals surface area contributed by atoms with Gasteiger partial charge in [0.15, 0.2) is 0 Å². The fourth-order valence-electron chi connectivity index (χ4n) is 4.60. The number of ether oxygens (including phenoxy) is 1. The van der Waals surface area contributed by atoms with Gasteiger partial charge in [0.05, 0.1) is 13.2 Å². The van der Waals surface area contributed by atoms with Crippen molar-refractivity contribution in [3.63, 3.8) is 0 Å². The van der Waals surface area contributed by atoms with Crippen LogP contribution in [0.15, 0.2) is 42.5 Å². The number of nitrogens with one attached hydrogen (secondary N) is 1. The Morgan fingerprint density at radius 2 is 1.80 bits per heavy atom. The predicted octanol–water partition coefficient (Wildman–Crippen LogP) is 2.22. The molecule has 0 bridgehead atoms. The number of hydrogen-bond acceptors (Lipinski definition) is 6. The van der Waals surface area contributed by atoms with Gasteiger partial charge in [-0.3, -0.25) is 23.9 Å². The molecule has 0 saturated carbocycles. The van der Waals surface area contributed by atoms with Crippen molar-refractivity contribution < 1.29 is 23.7 Å². The quantitative estimate of drug-likeness (QED) is 0.427. The molecule has 2 N–H and O–H groups in total. The van der Waals surface area contributed by atoms with Crippen molar-refractivity contribution in [2.24, 2.45) is 0 Å². The maximum Gasteiger partial charge on any atom is 0.261 e. The first-order valence-electron chi connectivity index (χ1n) is 11.9. The molecule has 1 fully saturated rings. The zero-order chi connectivity index (χ0) is 25.0. The number of morpholine rings is 1. The number of hydrogen-bond donors (Lipinski definition) is 2. The van der Waals surface area contributed by atoms with E-state index in [1.165, 1.54) is 18.7 Å². The van der Waals surface area contributed by atoms with Crippen LogP contribution < -0.4 is 5.48 Å². The molecule has 2 aliphatic heterocycles. The van der Waals surface area contributed by atoms with Crippen LogP contribution in [-0.2, 0) is 33.3 Å². The van der Waals surface area contributed by atoms with Gasteiger partial charge in [0.1, 0.15) is 4.75 Å². The Hall–Kier alpha value is -2.59. The Kier molecular flexibility index (Phi) is 8.01. The summed E-state index contributed by atoms with van der Waals surface area (Å²) >= 11 is 0. The van der Waals surface area contributed by atoms with Crippen molar-refractivity contribution in [3.05, 3.63) is 59.2 Å². The molecule has 2 atom stereocenters. The van der Waals surface area contributed by atoms with Crippen LogP contribution in [0.4, 0.5) is 0 Å². The zero-order valence-corrected chi connectivity index (χ0v) is 21.1. The molecule has 2 amide bonds. The van der Waals surface area contributed by atoms with Crippen LogP contribution >= 0.6 is 0 Å². The Balaban J connectivity index is 1.42. The van der Waals surface area contributed by atoms with Gasteiger partial charge < -0.3 is 9.64 Å². The van der Waals surface area contributed by atoms with E-state index in [4.69, 9.17) is 9.94 Å². The van der Waals surface area contributed by atoms with Gasteiger partial charge in [-0.05, 0) is 48.1 Å². The van der Waals surface area contributed by atoms with Crippen molar-refractivity contribution in [1.29, 1.82) is 0 Å². The van der Waals surface area contributed by atoms with Crippen molar-refractivity contribution >= 4 is 22.6 Å². The van der Waals surface area contributed by atoms with E-state index < -0.39 is 21.5 Å². The smallest absolute Gasteiger partial charge is 0.261 e. The summed E-state index contributed by atoms with van der Waals surface area (Å²) in [6, 6.07) is 14.5. The second-order valence-corrected chi connectivity index (χ2v) is 11.2. The number of benzene rings is 2. The minimum absolute atomic E-state index is 0.0905. The molecule has 35 heavy (non-hydrogen) atoms. The molecule has 9 heteroatoms. The van der Waals surface area contributed by atoms with Crippen LogP contribution in [0.1, 0.15) is 34.8 Å². The standard InChI is InChI=1S/C26H33N3O5S/c1-26(35(2)33,25(31)27-32)10-12-29-11-9-22-17-21(7-8-23(22)24(29)30)20-5-3-19(4-6-20)18-28-13-15-34-16-14-28/h3-8,17,32H,9-16,18H2,1-2H3,(H,27,31)/t26-,35?/m1/s1. The molecule has 2 aliphatic rings. The van der Waals surface area contributed by atoms with Gasteiger partial charge in [-0.25, -0.2) is 5.48 Å². The zero-order valence-electron chi connectivity index (χ0n) is 20.3. The molecular formula is C26H33N3O5S. The number of carbonyl (C=O) groups is 2. The van der Waals surface area contributed by atoms with E-state index in [-0.39, 0.29) is 18.9 Å². The average Bonchev–Trinajstić information content (AvgIpc) is 2.88. The highest BCUT2D eigenvalue weighted by Gasteiger charge is 2.38. The third-order valence-corrected chi connectivity index (χ3v) is 8.80. The number of amides is 2. The molecule has 188 valence electrons. The van der Waals surface area contributed by atoms with Crippen LogP contribution in [0.2, 0.25) is 0 Å². The van der Waals surface area contributed by atoms with Gasteiger partial charge in [-0.2, -0.15) is 0 Å². The molecule has 1 saturated heterocycles. The molecule has 8 nitrogen and oxygen atoms in total. The van der Waals surface area contributed by atoms with Crippen LogP contribution in [-0.4, -0.2) is 81.4 Å². The molecule has 4 rings (SSSR count). The van der Waals surface area contributed by atoms with E-state index in [2.05, 4.69) is 35.2 Å². The number of rotatable bonds is 8. The lowest BCUT2D eigenvalue weighted by atomic mass is 9.93. The third-order valence-electron chi connectivity index (χ3n) is 7.15. The van der Waals surface area contributed by atoms with Gasteiger partial charge in [-0.15, -0.1) is 0 Å². The first-order valence-corrected chi connectivity index (χ1v) is 13.5. The SMILES string of the molecule is CS(=O)[C@](C)(CCN1CCc2cc(-c3ccc(CN4CCOCC4)cc3)ccc2C1=O)C(=O)NO. The highest BCUT2D eigenvalue weighted by Crippen LogP contribution is 2.28. The topological polar surface area (TPSA) is 99.2 Å². The van der Waals surface area contributed by atoms with Gasteiger partial charge in [0.2, 0.25) is 0 Å². The second kappa shape index (κ2) is 11.0. The van der Waals surface area contributed by atoms with E-state index in [1.54, 1.807) is 10.4 Å². The molecule has 0 radical (unpaired) electrons. The summed E-state index contributed by atoms with van der Waals surface area (Å²) in [4.78, 5) is 29.3. The van der Waals surface area contributed by atoms with Crippen LogP contribution in [0.5, 0.6) is 0 Å². The van der Waals surface area contributed by atoms with Crippen molar-refractivity contribution in [1.82, 2.24) is 15.3 Å². The lowest BCUT2D eigenvalue weighted by Gasteiger charge is -2.32. The van der Waals surface area contributed by atoms with E-state index >= 15 is 0 Å². The van der Waals surface area contributed by atoms with Crippen LogP contribution in [0.3, 0.4) is 0 Å². The molecule has 2 aromatic rings. The Labute approximate surface area is 208 Å². The summed E-state index contributed by atoms with van der Waals surface area (Å²) in [5, 5.41) is 9.03. The summed E-state index contributed by atoms with van der Waals surface area (Å²) < 4.78 is 16.3. The second-order valence-electron chi connectivity index (χ2n) is 9.38. The minimum atomic E-state index is -1.51. The molecule has 0 spiro atoms. The highest BCUT2D eigenvalue weighted by molar-refractivity contribution is 7.86. The van der Waals surface area contributed by atoms with Crippen molar-refractivity contribution in [2.75, 3.05) is 45.6 Å². The highest BCUT2D eigenvalue weighted by atomic mass is 32.2. The van der Waals surface area contributed by atoms with Gasteiger partial charge in [0.25, 0.3) is 11.8 Å². The van der Waals surface area contributed by atoms with Gasteiger partial charge in [0, 0.05) is 55.3 Å². The van der Waals surface area contributed by atoms with Crippen LogP contribution in [0.25, 0.3) is 11.1 Å². The summed E-state index contributed by atoms with van der Waals surface area (Å²) in [6.45, 7) is 6.77. The van der Waals surface area contributed by atoms with E-state index in [9.17, 15) is 13.8 Å². The number of fused-ring (bicyclic) bond motifs is 1. The van der Waals surface area contributed by atoms with Gasteiger partial charge >= 0.3 is 0 Å². The number of hydroxylamine groups is 1. The van der Waals surface area contributed by atoms with Crippen molar-refractivity contribution in [3.8, 4) is 11.1 Å². The lowest BCUT2D eigenvalue weighted by Crippen LogP contribution is -2.49. The first kappa shape index (κ1) is 25.5. The Bertz CT molecular complexity index is 1100. The summed E-state index contributed by atoms with van der Waals surface area (Å²) in [5.74, 6) is -0.795. The summed E-state index contributed by atoms with van der Waals surface area (Å²) in [7, 11) is -1.51. The molecule has 2 aromatic carbocycles. The van der Waals surface area contributed by atoms with E-state index in [0.29, 0.717) is 18.5 Å². The normalized spacial score (nSPS) is 19.1. The van der Waals surface area contributed by atoms with Crippen molar-refractivity contribution in [2.45, 2.75) is 31.1 Å². The molecule has 1 unspecified atom stereocenters. The lowest BCUT2D eigenvalue weighted by molar-refractivity contribution is -0.131. The van der Waals surface area contributed by atoms with E-state index in [0.717, 1.165) is 49.5 Å². The summed E-state index contributed by atoms with van der Waals surface area (Å²) in [6.07, 6.45) is 2.33. The first-order chi connectivity index (χ1) is 16.8. The molecular weight excluding hydrogens is 466 g/mol. The summed E-state index contributed by atoms with van der Waals surface area (Å²) in [5.41, 5.74) is 6.74. The average molecular weight is 500 g/mol.